The second-order valence-corrected chi connectivity index (χ2v) is 3.71. The van der Waals surface area contributed by atoms with Crippen molar-refractivity contribution in [3.63, 3.8) is 0 Å². The van der Waals surface area contributed by atoms with E-state index in [4.69, 9.17) is 5.73 Å². The molecule has 0 aliphatic carbocycles. The molecule has 0 amide bonds. The predicted octanol–water partition coefficient (Wildman–Crippen LogP) is 3.29. The van der Waals surface area contributed by atoms with Crippen LogP contribution in [0.15, 0.2) is 30.3 Å². The van der Waals surface area contributed by atoms with Gasteiger partial charge in [-0.05, 0) is 47.4 Å². The van der Waals surface area contributed by atoms with Crippen LogP contribution < -0.4 is 5.73 Å². The zero-order chi connectivity index (χ0) is 10.1. The zero-order valence-electron chi connectivity index (χ0n) is 8.67. The number of rotatable bonds is 1. The molecule has 2 rings (SSSR count). The molecule has 0 fully saturated rings. The molecule has 0 spiro atoms. The molecule has 0 unspecified atom stereocenters. The van der Waals surface area contributed by atoms with E-state index >= 15 is 0 Å². The van der Waals surface area contributed by atoms with Crippen molar-refractivity contribution in [1.29, 1.82) is 0 Å². The number of nitrogens with two attached hydrogens (primary N) is 1. The molecule has 1 nitrogen and oxygen atoms in total. The molecule has 0 aromatic heterocycles. The maximum absolute atomic E-state index is 5.82. The van der Waals surface area contributed by atoms with Crippen molar-refractivity contribution in [2.75, 3.05) is 5.73 Å². The maximum atomic E-state index is 5.82. The summed E-state index contributed by atoms with van der Waals surface area (Å²) in [4.78, 5) is 0. The predicted molar refractivity (Wildman–Crippen MR) is 62.5 cm³/mol. The third-order valence-electron chi connectivity index (χ3n) is 2.66. The van der Waals surface area contributed by atoms with Gasteiger partial charge in [0.05, 0.1) is 0 Å². The fourth-order valence-electron chi connectivity index (χ4n) is 2.06. The van der Waals surface area contributed by atoms with E-state index < -0.39 is 0 Å². The van der Waals surface area contributed by atoms with Crippen LogP contribution in [0.2, 0.25) is 0 Å². The molecule has 2 aromatic rings. The van der Waals surface area contributed by atoms with Gasteiger partial charge in [-0.1, -0.05) is 25.1 Å². The van der Waals surface area contributed by atoms with Gasteiger partial charge in [0.2, 0.25) is 0 Å². The normalized spacial score (nSPS) is 10.7. The maximum Gasteiger partial charge on any atom is 0.0323 e. The Balaban J connectivity index is 2.87. The molecule has 0 heterocycles. The summed E-state index contributed by atoms with van der Waals surface area (Å²) in [6.07, 6.45) is 1.07. The lowest BCUT2D eigenvalue weighted by Crippen LogP contribution is -1.90. The van der Waals surface area contributed by atoms with Gasteiger partial charge in [-0.2, -0.15) is 0 Å². The minimum atomic E-state index is 0.850. The van der Waals surface area contributed by atoms with E-state index in [2.05, 4.69) is 32.0 Å². The summed E-state index contributed by atoms with van der Waals surface area (Å²) in [7, 11) is 0. The summed E-state index contributed by atoms with van der Waals surface area (Å²) >= 11 is 0. The molecule has 72 valence electrons. The number of nitrogen functional groups attached to an aromatic ring is 1. The van der Waals surface area contributed by atoms with E-state index in [9.17, 15) is 0 Å². The van der Waals surface area contributed by atoms with Crippen LogP contribution in [0, 0.1) is 6.92 Å². The van der Waals surface area contributed by atoms with Gasteiger partial charge in [0.15, 0.2) is 0 Å². The number of benzene rings is 2. The first-order valence-corrected chi connectivity index (χ1v) is 5.00. The van der Waals surface area contributed by atoms with Gasteiger partial charge in [0, 0.05) is 5.69 Å². The fraction of sp³-hybridized carbons (Fsp3) is 0.231. The van der Waals surface area contributed by atoms with Gasteiger partial charge in [-0.25, -0.2) is 0 Å². The van der Waals surface area contributed by atoms with Crippen LogP contribution in [0.1, 0.15) is 18.1 Å². The van der Waals surface area contributed by atoms with Gasteiger partial charge >= 0.3 is 0 Å². The monoisotopic (exact) mass is 185 g/mol. The van der Waals surface area contributed by atoms with Crippen LogP contribution in [0.3, 0.4) is 0 Å². The van der Waals surface area contributed by atoms with Crippen LogP contribution >= 0.6 is 0 Å². The Morgan fingerprint density at radius 2 is 2.00 bits per heavy atom. The molecule has 0 aliphatic rings. The lowest BCUT2D eigenvalue weighted by Gasteiger charge is -2.08. The molecule has 2 aromatic carbocycles. The second-order valence-electron chi connectivity index (χ2n) is 3.71. The van der Waals surface area contributed by atoms with Gasteiger partial charge in [-0.3, -0.25) is 0 Å². The number of hydrogen-bond acceptors (Lipinski definition) is 1. The SMILES string of the molecule is CCc1cccc2cc(N)cc(C)c12. The number of fused-ring (bicyclic) bond motifs is 1. The first kappa shape index (κ1) is 9.07. The van der Waals surface area contributed by atoms with Crippen molar-refractivity contribution in [2.45, 2.75) is 20.3 Å². The van der Waals surface area contributed by atoms with Crippen LogP contribution in [-0.2, 0) is 6.42 Å². The molecule has 14 heavy (non-hydrogen) atoms. The molecule has 0 bridgehead atoms. The van der Waals surface area contributed by atoms with Crippen molar-refractivity contribution in [1.82, 2.24) is 0 Å². The largest absolute Gasteiger partial charge is 0.399 e. The molecule has 0 saturated heterocycles. The topological polar surface area (TPSA) is 26.0 Å². The third kappa shape index (κ3) is 1.35. The van der Waals surface area contributed by atoms with E-state index in [1.807, 2.05) is 12.1 Å². The molecule has 0 saturated carbocycles. The molecular weight excluding hydrogens is 170 g/mol. The Labute approximate surface area is 84.5 Å². The Morgan fingerprint density at radius 1 is 1.21 bits per heavy atom. The van der Waals surface area contributed by atoms with Crippen LogP contribution in [-0.4, -0.2) is 0 Å². The summed E-state index contributed by atoms with van der Waals surface area (Å²) in [5, 5.41) is 2.62. The van der Waals surface area contributed by atoms with E-state index in [0.29, 0.717) is 0 Å². The van der Waals surface area contributed by atoms with Crippen molar-refractivity contribution < 1.29 is 0 Å². The summed E-state index contributed by atoms with van der Waals surface area (Å²) in [6.45, 7) is 4.31. The van der Waals surface area contributed by atoms with E-state index in [1.165, 1.54) is 21.9 Å². The smallest absolute Gasteiger partial charge is 0.0323 e. The zero-order valence-corrected chi connectivity index (χ0v) is 8.67. The fourth-order valence-corrected chi connectivity index (χ4v) is 2.06. The van der Waals surface area contributed by atoms with Gasteiger partial charge in [-0.15, -0.1) is 0 Å². The minimum Gasteiger partial charge on any atom is -0.399 e. The molecule has 0 radical (unpaired) electrons. The second kappa shape index (κ2) is 3.33. The van der Waals surface area contributed by atoms with Crippen LogP contribution in [0.4, 0.5) is 5.69 Å². The van der Waals surface area contributed by atoms with Crippen molar-refractivity contribution in [3.05, 3.63) is 41.5 Å². The van der Waals surface area contributed by atoms with E-state index in [1.54, 1.807) is 0 Å². The molecular formula is C13H15N. The first-order valence-electron chi connectivity index (χ1n) is 5.00. The quantitative estimate of drug-likeness (QED) is 0.678. The van der Waals surface area contributed by atoms with Gasteiger partial charge in [0.25, 0.3) is 0 Å². The highest BCUT2D eigenvalue weighted by molar-refractivity contribution is 5.91. The Bertz CT molecular complexity index is 472. The number of aryl methyl sites for hydroxylation is 2. The number of anilines is 1. The van der Waals surface area contributed by atoms with Crippen LogP contribution in [0.5, 0.6) is 0 Å². The highest BCUT2D eigenvalue weighted by Crippen LogP contribution is 2.25. The lowest BCUT2D eigenvalue weighted by molar-refractivity contribution is 1.16. The summed E-state index contributed by atoms with van der Waals surface area (Å²) in [5.41, 5.74) is 9.34. The summed E-state index contributed by atoms with van der Waals surface area (Å²) in [6, 6.07) is 10.5. The van der Waals surface area contributed by atoms with Crippen molar-refractivity contribution in [2.24, 2.45) is 0 Å². The molecule has 0 atom stereocenters. The third-order valence-corrected chi connectivity index (χ3v) is 2.66. The standard InChI is InChI=1S/C13H15N/c1-3-10-5-4-6-11-8-12(14)7-9(2)13(10)11/h4-8H,3,14H2,1-2H3. The number of hydrogen-bond donors (Lipinski definition) is 1. The first-order chi connectivity index (χ1) is 6.72. The average Bonchev–Trinajstić information content (AvgIpc) is 2.16. The van der Waals surface area contributed by atoms with E-state index in [-0.39, 0.29) is 0 Å². The summed E-state index contributed by atoms with van der Waals surface area (Å²) in [5.74, 6) is 0. The van der Waals surface area contributed by atoms with Crippen molar-refractivity contribution in [3.8, 4) is 0 Å². The molecule has 1 heteroatoms. The highest BCUT2D eigenvalue weighted by atomic mass is 14.5. The van der Waals surface area contributed by atoms with E-state index in [0.717, 1.165) is 12.1 Å². The van der Waals surface area contributed by atoms with Crippen LogP contribution in [0.25, 0.3) is 10.8 Å². The molecule has 0 aliphatic heterocycles. The lowest BCUT2D eigenvalue weighted by atomic mass is 9.98. The highest BCUT2D eigenvalue weighted by Gasteiger charge is 2.02. The Kier molecular flexibility index (Phi) is 2.16. The summed E-state index contributed by atoms with van der Waals surface area (Å²) < 4.78 is 0. The average molecular weight is 185 g/mol. The van der Waals surface area contributed by atoms with Gasteiger partial charge < -0.3 is 5.73 Å². The minimum absolute atomic E-state index is 0.850. The van der Waals surface area contributed by atoms with Crippen molar-refractivity contribution >= 4 is 16.5 Å². The Morgan fingerprint density at radius 3 is 2.71 bits per heavy atom. The van der Waals surface area contributed by atoms with Gasteiger partial charge in [0.1, 0.15) is 0 Å². The Hall–Kier alpha value is -1.50. The molecule has 2 N–H and O–H groups in total.